The number of hydrogen-bond acceptors (Lipinski definition) is 8. The van der Waals surface area contributed by atoms with Gasteiger partial charge in [-0.25, -0.2) is 0 Å². The van der Waals surface area contributed by atoms with Crippen LogP contribution in [-0.4, -0.2) is 68.2 Å². The fraction of sp³-hybridized carbons (Fsp3) is 0.385. The van der Waals surface area contributed by atoms with Crippen molar-refractivity contribution in [3.05, 3.63) is 97.1 Å². The summed E-state index contributed by atoms with van der Waals surface area (Å²) in [6.45, 7) is 13.8. The maximum absolute atomic E-state index is 10.9. The smallest absolute Gasteiger partial charge is 0.302 e. The Hall–Kier alpha value is -4.24. The summed E-state index contributed by atoms with van der Waals surface area (Å²) in [6, 6.07) is 23.0. The zero-order valence-corrected chi connectivity index (χ0v) is 28.4. The van der Waals surface area contributed by atoms with Crippen LogP contribution in [0, 0.1) is 0 Å². The van der Waals surface area contributed by atoms with E-state index >= 15 is 0 Å². The van der Waals surface area contributed by atoms with E-state index < -0.39 is 0 Å². The predicted molar refractivity (Wildman–Crippen MR) is 191 cm³/mol. The molecule has 8 heteroatoms. The number of benzene rings is 3. The number of hydrogen-bond donors (Lipinski definition) is 3. The molecule has 8 nitrogen and oxygen atoms in total. The van der Waals surface area contributed by atoms with Gasteiger partial charge < -0.3 is 34.3 Å². The SMILES string of the molecule is C=C(CO)CCOc1cccc(-c2ccc(-c3ccc(OCCOC(C)=O)cc3)cc2CCCCCCC)c1.C=CCO.C=O.CO. The summed E-state index contributed by atoms with van der Waals surface area (Å²) in [5.74, 6) is 1.26. The van der Waals surface area contributed by atoms with Crippen molar-refractivity contribution in [2.24, 2.45) is 0 Å². The molecule has 3 aromatic carbocycles. The summed E-state index contributed by atoms with van der Waals surface area (Å²) in [5.41, 5.74) is 6.77. The Balaban J connectivity index is 0.00000241. The van der Waals surface area contributed by atoms with E-state index in [1.165, 1.54) is 55.4 Å². The van der Waals surface area contributed by atoms with E-state index in [1.807, 2.05) is 31.1 Å². The average molecular weight is 651 g/mol. The topological polar surface area (TPSA) is 123 Å². The van der Waals surface area contributed by atoms with Crippen molar-refractivity contribution in [1.29, 1.82) is 0 Å². The molecule has 0 aromatic heterocycles. The lowest BCUT2D eigenvalue weighted by molar-refractivity contribution is -0.141. The monoisotopic (exact) mass is 650 g/mol. The van der Waals surface area contributed by atoms with Crippen molar-refractivity contribution in [2.75, 3.05) is 40.1 Å². The van der Waals surface area contributed by atoms with Crippen LogP contribution in [-0.2, 0) is 20.7 Å². The number of esters is 1. The summed E-state index contributed by atoms with van der Waals surface area (Å²) in [6.07, 6.45) is 9.26. The number of rotatable bonds is 18. The van der Waals surface area contributed by atoms with Gasteiger partial charge in [-0.05, 0) is 70.5 Å². The van der Waals surface area contributed by atoms with E-state index in [2.05, 4.69) is 62.5 Å². The van der Waals surface area contributed by atoms with Gasteiger partial charge in [-0.3, -0.25) is 4.79 Å². The molecule has 0 aliphatic rings. The third-order valence-electron chi connectivity index (χ3n) is 6.72. The molecule has 0 heterocycles. The highest BCUT2D eigenvalue weighted by molar-refractivity contribution is 5.74. The van der Waals surface area contributed by atoms with Gasteiger partial charge in [-0.15, -0.1) is 6.58 Å². The average Bonchev–Trinajstić information content (AvgIpc) is 3.12. The quantitative estimate of drug-likeness (QED) is 0.0741. The molecule has 0 bridgehead atoms. The summed E-state index contributed by atoms with van der Waals surface area (Å²) >= 11 is 0. The van der Waals surface area contributed by atoms with Gasteiger partial charge in [0.1, 0.15) is 31.5 Å². The molecule has 0 atom stereocenters. The molecule has 0 amide bonds. The standard InChI is InChI=1S/C34H42O5.C3H6O.CH4O.CH2O/c1-4-5-6-7-8-10-30-23-29(28-13-16-32(17-14-28)39-22-21-37-27(3)36)15-18-34(30)31-11-9-12-33(24-31)38-20-19-26(2)25-35;1-2-3-4;2*1-2/h9,11-18,23-24,35H,2,4-8,10,19-22,25H2,1,3H3;2,4H,1,3H2;2H,1H3;1H2. The van der Waals surface area contributed by atoms with Gasteiger partial charge in [0.25, 0.3) is 0 Å². The Morgan fingerprint density at radius 2 is 1.43 bits per heavy atom. The third-order valence-corrected chi connectivity index (χ3v) is 6.72. The molecule has 0 saturated carbocycles. The van der Waals surface area contributed by atoms with E-state index in [9.17, 15) is 9.90 Å². The van der Waals surface area contributed by atoms with Crippen molar-refractivity contribution in [3.8, 4) is 33.8 Å². The van der Waals surface area contributed by atoms with Crippen molar-refractivity contribution >= 4 is 12.8 Å². The highest BCUT2D eigenvalue weighted by Gasteiger charge is 2.10. The van der Waals surface area contributed by atoms with Crippen molar-refractivity contribution in [1.82, 2.24) is 0 Å². The molecular weight excluding hydrogens is 596 g/mol. The van der Waals surface area contributed by atoms with Crippen LogP contribution in [0.1, 0.15) is 57.9 Å². The van der Waals surface area contributed by atoms with Crippen LogP contribution in [0.15, 0.2) is 91.5 Å². The molecule has 3 N–H and O–H groups in total. The van der Waals surface area contributed by atoms with Crippen LogP contribution in [0.3, 0.4) is 0 Å². The first-order chi connectivity index (χ1) is 22.9. The van der Waals surface area contributed by atoms with Crippen molar-refractivity contribution < 1.29 is 39.1 Å². The van der Waals surface area contributed by atoms with E-state index in [-0.39, 0.29) is 25.8 Å². The molecule has 47 heavy (non-hydrogen) atoms. The summed E-state index contributed by atoms with van der Waals surface area (Å²) in [7, 11) is 1.00. The minimum absolute atomic E-state index is 0.0107. The van der Waals surface area contributed by atoms with E-state index in [4.69, 9.17) is 29.2 Å². The van der Waals surface area contributed by atoms with E-state index in [1.54, 1.807) is 0 Å². The Morgan fingerprint density at radius 1 is 0.787 bits per heavy atom. The predicted octanol–water partition coefficient (Wildman–Crippen LogP) is 7.38. The minimum atomic E-state index is -0.304. The Labute approximate surface area is 281 Å². The highest BCUT2D eigenvalue weighted by Crippen LogP contribution is 2.33. The second-order valence-corrected chi connectivity index (χ2v) is 10.3. The molecule has 0 unspecified atom stereocenters. The van der Waals surface area contributed by atoms with E-state index in [0.717, 1.165) is 48.2 Å². The molecule has 0 saturated heterocycles. The van der Waals surface area contributed by atoms with Crippen LogP contribution in [0.4, 0.5) is 0 Å². The number of aryl methyl sites for hydroxylation is 1. The molecule has 0 spiro atoms. The highest BCUT2D eigenvalue weighted by atomic mass is 16.6. The lowest BCUT2D eigenvalue weighted by atomic mass is 9.92. The number of carbonyl (C=O) groups excluding carboxylic acids is 2. The summed E-state index contributed by atoms with van der Waals surface area (Å²) in [5, 5.41) is 23.9. The minimum Gasteiger partial charge on any atom is -0.493 e. The van der Waals surface area contributed by atoms with Crippen molar-refractivity contribution in [2.45, 2.75) is 58.8 Å². The Bertz CT molecular complexity index is 1270. The molecule has 3 rings (SSSR count). The van der Waals surface area contributed by atoms with Gasteiger partial charge in [0.15, 0.2) is 0 Å². The second kappa shape index (κ2) is 28.0. The zero-order valence-electron chi connectivity index (χ0n) is 28.4. The lowest BCUT2D eigenvalue weighted by Crippen LogP contribution is -2.09. The van der Waals surface area contributed by atoms with Crippen molar-refractivity contribution in [3.63, 3.8) is 0 Å². The normalized spacial score (nSPS) is 9.66. The molecule has 3 aromatic rings. The third kappa shape index (κ3) is 18.5. The van der Waals surface area contributed by atoms with E-state index in [0.29, 0.717) is 19.6 Å². The Kier molecular flexibility index (Phi) is 25.5. The van der Waals surface area contributed by atoms with Gasteiger partial charge in [0.05, 0.1) is 19.8 Å². The van der Waals surface area contributed by atoms with Crippen LogP contribution in [0.2, 0.25) is 0 Å². The number of carbonyl (C=O) groups is 2. The first-order valence-electron chi connectivity index (χ1n) is 15.9. The molecule has 0 aliphatic heterocycles. The summed E-state index contributed by atoms with van der Waals surface area (Å²) < 4.78 is 16.6. The lowest BCUT2D eigenvalue weighted by Gasteiger charge is -2.15. The first-order valence-corrected chi connectivity index (χ1v) is 15.9. The van der Waals surface area contributed by atoms with Gasteiger partial charge in [-0.1, -0.05) is 87.7 Å². The fourth-order valence-electron chi connectivity index (χ4n) is 4.41. The van der Waals surface area contributed by atoms with Crippen LogP contribution < -0.4 is 9.47 Å². The van der Waals surface area contributed by atoms with Gasteiger partial charge >= 0.3 is 5.97 Å². The molecule has 258 valence electrons. The maximum Gasteiger partial charge on any atom is 0.302 e. The first kappa shape index (κ1) is 42.8. The van der Waals surface area contributed by atoms with Crippen LogP contribution in [0.5, 0.6) is 11.5 Å². The number of ether oxygens (including phenoxy) is 3. The molecule has 0 radical (unpaired) electrons. The number of unbranched alkanes of at least 4 members (excludes halogenated alkanes) is 4. The fourth-order valence-corrected chi connectivity index (χ4v) is 4.41. The Morgan fingerprint density at radius 3 is 2.04 bits per heavy atom. The summed E-state index contributed by atoms with van der Waals surface area (Å²) in [4.78, 5) is 18.9. The number of aliphatic hydroxyl groups excluding tert-OH is 3. The zero-order chi connectivity index (χ0) is 35.3. The van der Waals surface area contributed by atoms with Crippen LogP contribution in [0.25, 0.3) is 22.3 Å². The van der Waals surface area contributed by atoms with Gasteiger partial charge in [0, 0.05) is 20.5 Å². The molecule has 0 fully saturated rings. The van der Waals surface area contributed by atoms with Crippen LogP contribution >= 0.6 is 0 Å². The van der Waals surface area contributed by atoms with Gasteiger partial charge in [-0.2, -0.15) is 0 Å². The van der Waals surface area contributed by atoms with Gasteiger partial charge in [0.2, 0.25) is 0 Å². The second-order valence-electron chi connectivity index (χ2n) is 10.3. The molecular formula is C39H54O8. The molecule has 0 aliphatic carbocycles. The largest absolute Gasteiger partial charge is 0.493 e. The number of aliphatic hydroxyl groups is 3. The maximum atomic E-state index is 10.9.